The highest BCUT2D eigenvalue weighted by Gasteiger charge is 2.03. The molecule has 0 aliphatic carbocycles. The second-order valence-corrected chi connectivity index (χ2v) is 5.20. The Hall–Kier alpha value is -2.82. The highest BCUT2D eigenvalue weighted by molar-refractivity contribution is 5.95. The average Bonchev–Trinajstić information content (AvgIpc) is 2.63. The van der Waals surface area contributed by atoms with Crippen LogP contribution in [0.3, 0.4) is 0 Å². The van der Waals surface area contributed by atoms with E-state index in [9.17, 15) is 4.79 Å². The average molecular weight is 326 g/mol. The maximum absolute atomic E-state index is 11.9. The Morgan fingerprint density at radius 1 is 1.08 bits per heavy atom. The lowest BCUT2D eigenvalue weighted by Gasteiger charge is -2.05. The fourth-order valence-electron chi connectivity index (χ4n) is 1.96. The molecule has 1 amide bonds. The van der Waals surface area contributed by atoms with E-state index in [2.05, 4.69) is 17.5 Å². The summed E-state index contributed by atoms with van der Waals surface area (Å²) in [6.07, 6.45) is 3.75. The van der Waals surface area contributed by atoms with E-state index in [4.69, 9.17) is 9.47 Å². The van der Waals surface area contributed by atoms with Gasteiger partial charge in [-0.15, -0.1) is 0 Å². The van der Waals surface area contributed by atoms with Gasteiger partial charge in [0.05, 0.1) is 19.9 Å². The van der Waals surface area contributed by atoms with E-state index in [1.54, 1.807) is 37.6 Å². The molecule has 2 aromatic rings. The van der Waals surface area contributed by atoms with E-state index in [-0.39, 0.29) is 5.91 Å². The van der Waals surface area contributed by atoms with Gasteiger partial charge in [0, 0.05) is 5.56 Å². The monoisotopic (exact) mass is 326 g/mol. The van der Waals surface area contributed by atoms with Crippen LogP contribution in [0.4, 0.5) is 0 Å². The number of unbranched alkanes of at least 4 members (excludes halogenated alkanes) is 1. The Labute approximate surface area is 142 Å². The maximum Gasteiger partial charge on any atom is 0.271 e. The molecule has 0 aliphatic rings. The first-order valence-corrected chi connectivity index (χ1v) is 7.93. The number of methoxy groups -OCH3 is 1. The third-order valence-electron chi connectivity index (χ3n) is 3.38. The predicted octanol–water partition coefficient (Wildman–Crippen LogP) is 3.64. The third-order valence-corrected chi connectivity index (χ3v) is 3.38. The van der Waals surface area contributed by atoms with Crippen LogP contribution in [0.15, 0.2) is 53.6 Å². The van der Waals surface area contributed by atoms with Crippen LogP contribution in [-0.2, 0) is 0 Å². The van der Waals surface area contributed by atoms with E-state index >= 15 is 0 Å². The minimum absolute atomic E-state index is 0.270. The fraction of sp³-hybridized carbons (Fsp3) is 0.263. The van der Waals surface area contributed by atoms with Crippen molar-refractivity contribution in [2.75, 3.05) is 13.7 Å². The van der Waals surface area contributed by atoms with Gasteiger partial charge >= 0.3 is 0 Å². The molecule has 0 heterocycles. The van der Waals surface area contributed by atoms with Crippen LogP contribution in [0, 0.1) is 0 Å². The van der Waals surface area contributed by atoms with E-state index in [0.29, 0.717) is 11.3 Å². The Morgan fingerprint density at radius 3 is 2.38 bits per heavy atom. The number of benzene rings is 2. The molecule has 24 heavy (non-hydrogen) atoms. The summed E-state index contributed by atoms with van der Waals surface area (Å²) in [5.41, 5.74) is 3.90. The van der Waals surface area contributed by atoms with Gasteiger partial charge in [0.25, 0.3) is 5.91 Å². The summed E-state index contributed by atoms with van der Waals surface area (Å²) in [5.74, 6) is 1.27. The second-order valence-electron chi connectivity index (χ2n) is 5.20. The van der Waals surface area contributed by atoms with Crippen LogP contribution in [0.25, 0.3) is 0 Å². The first kappa shape index (κ1) is 17.5. The molecule has 5 heteroatoms. The number of hydrogen-bond donors (Lipinski definition) is 1. The van der Waals surface area contributed by atoms with Crippen molar-refractivity contribution in [3.63, 3.8) is 0 Å². The minimum atomic E-state index is -0.270. The van der Waals surface area contributed by atoms with Crippen LogP contribution in [0.2, 0.25) is 0 Å². The molecule has 2 aromatic carbocycles. The van der Waals surface area contributed by atoms with Crippen molar-refractivity contribution in [3.8, 4) is 11.5 Å². The van der Waals surface area contributed by atoms with Gasteiger partial charge in [0.15, 0.2) is 0 Å². The molecule has 126 valence electrons. The number of carbonyl (C=O) groups excluding carboxylic acids is 1. The van der Waals surface area contributed by atoms with Gasteiger partial charge in [-0.3, -0.25) is 4.79 Å². The zero-order valence-electron chi connectivity index (χ0n) is 14.0. The summed E-state index contributed by atoms with van der Waals surface area (Å²) < 4.78 is 10.7. The molecule has 0 spiro atoms. The number of rotatable bonds is 8. The molecule has 0 saturated heterocycles. The molecular weight excluding hydrogens is 304 g/mol. The van der Waals surface area contributed by atoms with Gasteiger partial charge in [-0.1, -0.05) is 13.3 Å². The Kier molecular flexibility index (Phi) is 6.83. The van der Waals surface area contributed by atoms with Crippen molar-refractivity contribution >= 4 is 12.1 Å². The summed E-state index contributed by atoms with van der Waals surface area (Å²) >= 11 is 0. The smallest absolute Gasteiger partial charge is 0.271 e. The quantitative estimate of drug-likeness (QED) is 0.458. The Bertz CT molecular complexity index is 664. The molecule has 0 aliphatic heterocycles. The molecule has 1 N–H and O–H groups in total. The Morgan fingerprint density at radius 2 is 1.75 bits per heavy atom. The largest absolute Gasteiger partial charge is 0.497 e. The molecule has 0 radical (unpaired) electrons. The normalized spacial score (nSPS) is 10.6. The molecule has 0 aromatic heterocycles. The lowest BCUT2D eigenvalue weighted by atomic mass is 10.2. The van der Waals surface area contributed by atoms with Gasteiger partial charge in [0.1, 0.15) is 11.5 Å². The van der Waals surface area contributed by atoms with Crippen LogP contribution in [0.5, 0.6) is 11.5 Å². The lowest BCUT2D eigenvalue weighted by Crippen LogP contribution is -2.17. The third kappa shape index (κ3) is 5.43. The minimum Gasteiger partial charge on any atom is -0.497 e. The van der Waals surface area contributed by atoms with Crippen LogP contribution in [-0.4, -0.2) is 25.8 Å². The molecular formula is C19H22N2O3. The number of hydrazone groups is 1. The van der Waals surface area contributed by atoms with Crippen molar-refractivity contribution in [1.29, 1.82) is 0 Å². The van der Waals surface area contributed by atoms with Crippen LogP contribution in [0.1, 0.15) is 35.7 Å². The van der Waals surface area contributed by atoms with Crippen molar-refractivity contribution in [3.05, 3.63) is 59.7 Å². The number of carbonyl (C=O) groups is 1. The number of amides is 1. The van der Waals surface area contributed by atoms with Crippen molar-refractivity contribution < 1.29 is 14.3 Å². The van der Waals surface area contributed by atoms with Crippen molar-refractivity contribution in [2.45, 2.75) is 19.8 Å². The highest BCUT2D eigenvalue weighted by Crippen LogP contribution is 2.12. The predicted molar refractivity (Wildman–Crippen MR) is 94.9 cm³/mol. The maximum atomic E-state index is 11.9. The molecule has 0 atom stereocenters. The van der Waals surface area contributed by atoms with Crippen LogP contribution < -0.4 is 14.9 Å². The van der Waals surface area contributed by atoms with Crippen molar-refractivity contribution in [1.82, 2.24) is 5.43 Å². The van der Waals surface area contributed by atoms with Crippen molar-refractivity contribution in [2.24, 2.45) is 5.10 Å². The molecule has 5 nitrogen and oxygen atoms in total. The first-order chi connectivity index (χ1) is 11.7. The number of ether oxygens (including phenoxy) is 2. The summed E-state index contributed by atoms with van der Waals surface area (Å²) in [7, 11) is 1.58. The van der Waals surface area contributed by atoms with Gasteiger partial charge < -0.3 is 9.47 Å². The van der Waals surface area contributed by atoms with E-state index < -0.39 is 0 Å². The summed E-state index contributed by atoms with van der Waals surface area (Å²) in [5, 5.41) is 3.97. The van der Waals surface area contributed by atoms with E-state index in [0.717, 1.165) is 30.8 Å². The zero-order chi connectivity index (χ0) is 17.2. The summed E-state index contributed by atoms with van der Waals surface area (Å²) in [4.78, 5) is 11.9. The lowest BCUT2D eigenvalue weighted by molar-refractivity contribution is 0.0955. The summed E-state index contributed by atoms with van der Waals surface area (Å²) in [6, 6.07) is 14.4. The summed E-state index contributed by atoms with van der Waals surface area (Å²) in [6.45, 7) is 2.85. The standard InChI is InChI=1S/C19H22N2O3/c1-3-4-13-24-18-9-5-15(6-10-18)14-20-21-19(22)16-7-11-17(23-2)12-8-16/h5-12,14H,3-4,13H2,1-2H3,(H,21,22). The number of hydrogen-bond acceptors (Lipinski definition) is 4. The fourth-order valence-corrected chi connectivity index (χ4v) is 1.96. The van der Waals surface area contributed by atoms with Gasteiger partial charge in [-0.2, -0.15) is 5.10 Å². The van der Waals surface area contributed by atoms with E-state index in [1.165, 1.54) is 0 Å². The molecule has 0 bridgehead atoms. The first-order valence-electron chi connectivity index (χ1n) is 7.93. The molecule has 0 fully saturated rings. The Balaban J connectivity index is 1.85. The second kappa shape index (κ2) is 9.35. The SMILES string of the molecule is CCCCOc1ccc(C=NNC(=O)c2ccc(OC)cc2)cc1. The topological polar surface area (TPSA) is 59.9 Å². The molecule has 0 unspecified atom stereocenters. The van der Waals surface area contributed by atoms with Gasteiger partial charge in [0.2, 0.25) is 0 Å². The van der Waals surface area contributed by atoms with Gasteiger partial charge in [-0.25, -0.2) is 5.43 Å². The number of nitrogens with one attached hydrogen (secondary N) is 1. The van der Waals surface area contributed by atoms with Crippen LogP contribution >= 0.6 is 0 Å². The van der Waals surface area contributed by atoms with E-state index in [1.807, 2.05) is 24.3 Å². The highest BCUT2D eigenvalue weighted by atomic mass is 16.5. The zero-order valence-corrected chi connectivity index (χ0v) is 14.0. The number of nitrogens with zero attached hydrogens (tertiary/aromatic N) is 1. The van der Waals surface area contributed by atoms with Gasteiger partial charge in [-0.05, 0) is 60.5 Å². The molecule has 0 saturated carbocycles. The molecule has 2 rings (SSSR count).